The summed E-state index contributed by atoms with van der Waals surface area (Å²) in [5.74, 6) is 0.543. The van der Waals surface area contributed by atoms with E-state index in [9.17, 15) is 13.2 Å². The van der Waals surface area contributed by atoms with Crippen LogP contribution in [0.15, 0.2) is 29.2 Å². The summed E-state index contributed by atoms with van der Waals surface area (Å²) >= 11 is 0. The molecule has 0 aliphatic carbocycles. The number of sulfonamides is 1. The number of carbonyl (C=O) groups is 1. The highest BCUT2D eigenvalue weighted by Gasteiger charge is 2.32. The molecule has 1 amide bonds. The number of hydrogen-bond donors (Lipinski definition) is 1. The van der Waals surface area contributed by atoms with Crippen LogP contribution in [0.1, 0.15) is 19.8 Å². The Morgan fingerprint density at radius 2 is 1.79 bits per heavy atom. The smallest absolute Gasteiger partial charge is 0.243 e. The number of nitrogens with one attached hydrogen (secondary N) is 1. The van der Waals surface area contributed by atoms with E-state index in [1.54, 1.807) is 24.3 Å². The molecule has 1 aromatic carbocycles. The normalized spacial score (nSPS) is 19.8. The summed E-state index contributed by atoms with van der Waals surface area (Å²) in [6.07, 6.45) is 1.08. The lowest BCUT2D eigenvalue weighted by Gasteiger charge is -2.31. The molecule has 8 nitrogen and oxygen atoms in total. The van der Waals surface area contributed by atoms with Gasteiger partial charge in [-0.15, -0.1) is 0 Å². The third-order valence-electron chi connectivity index (χ3n) is 5.43. The molecule has 0 bridgehead atoms. The molecule has 0 radical (unpaired) electrons. The van der Waals surface area contributed by atoms with E-state index in [1.165, 1.54) is 4.31 Å². The van der Waals surface area contributed by atoms with Crippen molar-refractivity contribution in [2.45, 2.75) is 24.7 Å². The second-order valence-corrected chi connectivity index (χ2v) is 9.27. The lowest BCUT2D eigenvalue weighted by Crippen LogP contribution is -2.45. The van der Waals surface area contributed by atoms with Crippen molar-refractivity contribution in [3.63, 3.8) is 0 Å². The summed E-state index contributed by atoms with van der Waals surface area (Å²) in [6, 6.07) is 6.49. The number of rotatable bonds is 8. The van der Waals surface area contributed by atoms with Crippen LogP contribution in [0.25, 0.3) is 0 Å². The molecule has 2 aliphatic heterocycles. The standard InChI is InChI=1S/C20H31N3O5S/c1-2-28-18-3-5-19(6-4-18)29(25,26)23-10-7-17(8-11-23)20(24)21-9-12-22-13-15-27-16-14-22/h3-6,17H,2,7-16H2,1H3,(H,21,24). The Bertz CT molecular complexity index is 755. The predicted octanol–water partition coefficient (Wildman–Crippen LogP) is 0.934. The predicted molar refractivity (Wildman–Crippen MR) is 109 cm³/mol. The first-order valence-corrected chi connectivity index (χ1v) is 11.8. The van der Waals surface area contributed by atoms with E-state index in [4.69, 9.17) is 9.47 Å². The molecule has 9 heteroatoms. The van der Waals surface area contributed by atoms with Crippen LogP contribution in [-0.2, 0) is 19.6 Å². The van der Waals surface area contributed by atoms with Crippen molar-refractivity contribution >= 4 is 15.9 Å². The number of ether oxygens (including phenoxy) is 2. The molecule has 162 valence electrons. The van der Waals surface area contributed by atoms with Crippen LogP contribution in [0.4, 0.5) is 0 Å². The number of piperidine rings is 1. The quantitative estimate of drug-likeness (QED) is 0.667. The van der Waals surface area contributed by atoms with Crippen molar-refractivity contribution in [3.8, 4) is 5.75 Å². The second kappa shape index (κ2) is 10.4. The zero-order valence-electron chi connectivity index (χ0n) is 17.0. The molecule has 0 atom stereocenters. The van der Waals surface area contributed by atoms with Crippen LogP contribution in [0.5, 0.6) is 5.75 Å². The Morgan fingerprint density at radius 3 is 2.41 bits per heavy atom. The lowest BCUT2D eigenvalue weighted by molar-refractivity contribution is -0.126. The molecule has 2 fully saturated rings. The van der Waals surface area contributed by atoms with Crippen molar-refractivity contribution in [1.82, 2.24) is 14.5 Å². The fraction of sp³-hybridized carbons (Fsp3) is 0.650. The van der Waals surface area contributed by atoms with Crippen LogP contribution in [0.3, 0.4) is 0 Å². The number of nitrogens with zero attached hydrogens (tertiary/aromatic N) is 2. The Morgan fingerprint density at radius 1 is 1.14 bits per heavy atom. The van der Waals surface area contributed by atoms with Gasteiger partial charge in [0.15, 0.2) is 0 Å². The van der Waals surface area contributed by atoms with Gasteiger partial charge in [-0.05, 0) is 44.0 Å². The van der Waals surface area contributed by atoms with Crippen molar-refractivity contribution in [1.29, 1.82) is 0 Å². The number of carbonyl (C=O) groups excluding carboxylic acids is 1. The minimum absolute atomic E-state index is 0.0244. The summed E-state index contributed by atoms with van der Waals surface area (Å²) in [5.41, 5.74) is 0. The Balaban J connectivity index is 1.45. The van der Waals surface area contributed by atoms with Crippen molar-refractivity contribution < 1.29 is 22.7 Å². The van der Waals surface area contributed by atoms with E-state index in [1.807, 2.05) is 6.92 Å². The van der Waals surface area contributed by atoms with Gasteiger partial charge >= 0.3 is 0 Å². The van der Waals surface area contributed by atoms with Gasteiger partial charge in [0.1, 0.15) is 5.75 Å². The third kappa shape index (κ3) is 5.91. The minimum Gasteiger partial charge on any atom is -0.494 e. The van der Waals surface area contributed by atoms with E-state index in [2.05, 4.69) is 10.2 Å². The fourth-order valence-electron chi connectivity index (χ4n) is 3.69. The summed E-state index contributed by atoms with van der Waals surface area (Å²) < 4.78 is 37.9. The monoisotopic (exact) mass is 425 g/mol. The highest BCUT2D eigenvalue weighted by molar-refractivity contribution is 7.89. The maximum atomic E-state index is 12.8. The zero-order chi connectivity index (χ0) is 20.7. The third-order valence-corrected chi connectivity index (χ3v) is 7.34. The van der Waals surface area contributed by atoms with Crippen molar-refractivity contribution in [2.24, 2.45) is 5.92 Å². The van der Waals surface area contributed by atoms with Crippen LogP contribution in [0.2, 0.25) is 0 Å². The van der Waals surface area contributed by atoms with Gasteiger partial charge in [-0.1, -0.05) is 0 Å². The molecule has 0 unspecified atom stereocenters. The highest BCUT2D eigenvalue weighted by Crippen LogP contribution is 2.25. The summed E-state index contributed by atoms with van der Waals surface area (Å²) in [4.78, 5) is 15.0. The molecular formula is C20H31N3O5S. The number of benzene rings is 1. The average Bonchev–Trinajstić information content (AvgIpc) is 2.75. The van der Waals surface area contributed by atoms with Gasteiger partial charge in [0.05, 0.1) is 24.7 Å². The molecule has 0 spiro atoms. The van der Waals surface area contributed by atoms with E-state index < -0.39 is 10.0 Å². The highest BCUT2D eigenvalue weighted by atomic mass is 32.2. The van der Waals surface area contributed by atoms with E-state index in [0.29, 0.717) is 44.8 Å². The first kappa shape index (κ1) is 22.0. The topological polar surface area (TPSA) is 88.2 Å². The molecule has 0 aromatic heterocycles. The Hall–Kier alpha value is -1.68. The molecule has 2 aliphatic rings. The average molecular weight is 426 g/mol. The van der Waals surface area contributed by atoms with Gasteiger partial charge in [0.2, 0.25) is 15.9 Å². The van der Waals surface area contributed by atoms with E-state index >= 15 is 0 Å². The molecule has 29 heavy (non-hydrogen) atoms. The lowest BCUT2D eigenvalue weighted by atomic mass is 9.97. The summed E-state index contributed by atoms with van der Waals surface area (Å²) in [5, 5.41) is 3.00. The molecule has 2 heterocycles. The number of hydrogen-bond acceptors (Lipinski definition) is 6. The van der Waals surface area contributed by atoms with Gasteiger partial charge in [-0.2, -0.15) is 4.31 Å². The molecule has 0 saturated carbocycles. The molecule has 1 N–H and O–H groups in total. The number of morpholine rings is 1. The molecule has 2 saturated heterocycles. The van der Waals surface area contributed by atoms with Gasteiger partial charge in [0, 0.05) is 45.2 Å². The van der Waals surface area contributed by atoms with E-state index in [-0.39, 0.29) is 16.7 Å². The Labute approximate surface area is 173 Å². The van der Waals surface area contributed by atoms with Gasteiger partial charge in [0.25, 0.3) is 0 Å². The number of amides is 1. The van der Waals surface area contributed by atoms with Gasteiger partial charge in [-0.3, -0.25) is 9.69 Å². The summed E-state index contributed by atoms with van der Waals surface area (Å²) in [6.45, 7) is 7.86. The van der Waals surface area contributed by atoms with Gasteiger partial charge in [-0.25, -0.2) is 8.42 Å². The first-order valence-electron chi connectivity index (χ1n) is 10.3. The van der Waals surface area contributed by atoms with E-state index in [0.717, 1.165) is 32.8 Å². The zero-order valence-corrected chi connectivity index (χ0v) is 17.8. The summed E-state index contributed by atoms with van der Waals surface area (Å²) in [7, 11) is -3.55. The van der Waals surface area contributed by atoms with Crippen molar-refractivity contribution in [3.05, 3.63) is 24.3 Å². The SMILES string of the molecule is CCOc1ccc(S(=O)(=O)N2CCC(C(=O)NCCN3CCOCC3)CC2)cc1. The molecular weight excluding hydrogens is 394 g/mol. The molecule has 1 aromatic rings. The molecule has 3 rings (SSSR count). The van der Waals surface area contributed by atoms with Gasteiger partial charge < -0.3 is 14.8 Å². The first-order chi connectivity index (χ1) is 14.0. The van der Waals surface area contributed by atoms with Crippen LogP contribution in [-0.4, -0.2) is 82.6 Å². The van der Waals surface area contributed by atoms with Crippen molar-refractivity contribution in [2.75, 3.05) is 59.1 Å². The van der Waals surface area contributed by atoms with Crippen LogP contribution >= 0.6 is 0 Å². The maximum Gasteiger partial charge on any atom is 0.243 e. The fourth-order valence-corrected chi connectivity index (χ4v) is 5.16. The minimum atomic E-state index is -3.55. The van der Waals surface area contributed by atoms with Crippen LogP contribution < -0.4 is 10.1 Å². The maximum absolute atomic E-state index is 12.8. The van der Waals surface area contributed by atoms with Crippen LogP contribution in [0, 0.1) is 5.92 Å². The second-order valence-electron chi connectivity index (χ2n) is 7.33. The Kier molecular flexibility index (Phi) is 7.88. The largest absolute Gasteiger partial charge is 0.494 e.